The topological polar surface area (TPSA) is 128 Å². The Bertz CT molecular complexity index is 1330. The first-order valence-electron chi connectivity index (χ1n) is 10.7. The summed E-state index contributed by atoms with van der Waals surface area (Å²) in [5.41, 5.74) is 9.34. The molecule has 166 valence electrons. The predicted octanol–water partition coefficient (Wildman–Crippen LogP) is 1.83. The molecule has 3 atom stereocenters. The molecule has 1 aliphatic rings. The van der Waals surface area contributed by atoms with Gasteiger partial charge in [0.05, 0.1) is 35.5 Å². The number of nitrogens with zero attached hydrogens (tertiary/aromatic N) is 7. The van der Waals surface area contributed by atoms with E-state index in [1.165, 1.54) is 6.33 Å². The maximum Gasteiger partial charge on any atom is 0.254 e. The summed E-state index contributed by atoms with van der Waals surface area (Å²) in [5.74, 6) is 1.06. The molecular formula is C22H26N8O2. The lowest BCUT2D eigenvalue weighted by Gasteiger charge is -2.40. The Morgan fingerprint density at radius 3 is 2.88 bits per heavy atom. The molecule has 4 aromatic rings. The summed E-state index contributed by atoms with van der Waals surface area (Å²) >= 11 is 0. The maximum absolute atomic E-state index is 13.3. The molecule has 10 nitrogen and oxygen atoms in total. The number of aliphatic hydroxyl groups is 1. The van der Waals surface area contributed by atoms with Crippen LogP contribution in [0.2, 0.25) is 0 Å². The second kappa shape index (κ2) is 7.56. The first-order chi connectivity index (χ1) is 15.4. The summed E-state index contributed by atoms with van der Waals surface area (Å²) in [6, 6.07) is 4.95. The van der Waals surface area contributed by atoms with Gasteiger partial charge in [0.25, 0.3) is 5.91 Å². The molecular weight excluding hydrogens is 408 g/mol. The third-order valence-electron chi connectivity index (χ3n) is 6.70. The SMILES string of the molecule is Cc1nc2cc(C(=O)N(C)[C@H]3CCC[C@H](n4cnc5c(N)ncnc54)[C@H]3O)ccc2n1C. The molecule has 1 amide bonds. The largest absolute Gasteiger partial charge is 0.389 e. The van der Waals surface area contributed by atoms with Gasteiger partial charge in [-0.15, -0.1) is 0 Å². The second-order valence-electron chi connectivity index (χ2n) is 8.48. The van der Waals surface area contributed by atoms with E-state index in [1.807, 2.05) is 41.3 Å². The lowest BCUT2D eigenvalue weighted by Crippen LogP contribution is -2.50. The number of rotatable bonds is 3. The number of hydrogen-bond donors (Lipinski definition) is 2. The number of anilines is 1. The number of nitrogens with two attached hydrogens (primary N) is 1. The van der Waals surface area contributed by atoms with Gasteiger partial charge >= 0.3 is 0 Å². The number of benzene rings is 1. The molecule has 0 unspecified atom stereocenters. The first-order valence-corrected chi connectivity index (χ1v) is 10.7. The molecule has 5 rings (SSSR count). The minimum absolute atomic E-state index is 0.137. The van der Waals surface area contributed by atoms with E-state index in [9.17, 15) is 9.90 Å². The van der Waals surface area contributed by atoms with Crippen molar-refractivity contribution in [3.05, 3.63) is 42.2 Å². The van der Waals surface area contributed by atoms with Crippen molar-refractivity contribution in [2.75, 3.05) is 12.8 Å². The van der Waals surface area contributed by atoms with Crippen LogP contribution in [0.15, 0.2) is 30.9 Å². The van der Waals surface area contributed by atoms with Gasteiger partial charge in [0.1, 0.15) is 17.7 Å². The number of carbonyl (C=O) groups is 1. The summed E-state index contributed by atoms with van der Waals surface area (Å²) in [7, 11) is 3.70. The third-order valence-corrected chi connectivity index (χ3v) is 6.70. The van der Waals surface area contributed by atoms with Gasteiger partial charge < -0.3 is 24.9 Å². The number of aromatic nitrogens is 6. The molecule has 3 heterocycles. The van der Waals surface area contributed by atoms with Crippen molar-refractivity contribution in [1.29, 1.82) is 0 Å². The smallest absolute Gasteiger partial charge is 0.254 e. The number of aryl methyl sites for hydroxylation is 2. The standard InChI is InChI=1S/C22H26N8O2/c1-12-27-14-9-13(7-8-15(14)28(12)2)22(32)29(3)16-5-4-6-17(19(16)31)30-11-26-18-20(23)24-10-25-21(18)30/h7-11,16-17,19,31H,4-6H2,1-3H3,(H2,23,24,25)/t16-,17-,19-/m0/s1. The van der Waals surface area contributed by atoms with Crippen LogP contribution in [0.5, 0.6) is 0 Å². The van der Waals surface area contributed by atoms with Gasteiger partial charge in [-0.25, -0.2) is 19.9 Å². The Morgan fingerprint density at radius 2 is 2.06 bits per heavy atom. The molecule has 0 aliphatic heterocycles. The fourth-order valence-electron chi connectivity index (χ4n) is 4.78. The fourth-order valence-corrected chi connectivity index (χ4v) is 4.78. The molecule has 3 N–H and O–H groups in total. The van der Waals surface area contributed by atoms with Crippen molar-refractivity contribution in [3.8, 4) is 0 Å². The zero-order valence-electron chi connectivity index (χ0n) is 18.3. The highest BCUT2D eigenvalue weighted by atomic mass is 16.3. The van der Waals surface area contributed by atoms with E-state index in [-0.39, 0.29) is 18.0 Å². The summed E-state index contributed by atoms with van der Waals surface area (Å²) in [4.78, 5) is 32.1. The number of fused-ring (bicyclic) bond motifs is 2. The van der Waals surface area contributed by atoms with Crippen LogP contribution in [0.25, 0.3) is 22.2 Å². The van der Waals surface area contributed by atoms with Crippen LogP contribution in [-0.4, -0.2) is 64.2 Å². The number of hydrogen-bond acceptors (Lipinski definition) is 7. The molecule has 1 aliphatic carbocycles. The molecule has 0 spiro atoms. The Morgan fingerprint density at radius 1 is 1.25 bits per heavy atom. The normalized spacial score (nSPS) is 21.3. The average molecular weight is 435 g/mol. The molecule has 0 saturated heterocycles. The quantitative estimate of drug-likeness (QED) is 0.503. The third kappa shape index (κ3) is 3.10. The van der Waals surface area contributed by atoms with Crippen LogP contribution in [0, 0.1) is 6.92 Å². The molecule has 0 bridgehead atoms. The van der Waals surface area contributed by atoms with Crippen molar-refractivity contribution >= 4 is 33.9 Å². The number of aliphatic hydroxyl groups excluding tert-OH is 1. The van der Waals surface area contributed by atoms with Crippen LogP contribution in [0.1, 0.15) is 41.5 Å². The van der Waals surface area contributed by atoms with Crippen molar-refractivity contribution in [2.45, 2.75) is 44.4 Å². The van der Waals surface area contributed by atoms with Gasteiger partial charge in [-0.05, 0) is 44.4 Å². The Balaban J connectivity index is 1.42. The van der Waals surface area contributed by atoms with Crippen LogP contribution in [0.4, 0.5) is 5.82 Å². The molecule has 32 heavy (non-hydrogen) atoms. The number of nitrogen functional groups attached to an aromatic ring is 1. The minimum atomic E-state index is -0.771. The number of likely N-dealkylation sites (N-methyl/N-ethyl adjacent to an activating group) is 1. The first kappa shape index (κ1) is 20.4. The maximum atomic E-state index is 13.3. The molecule has 1 fully saturated rings. The highest BCUT2D eigenvalue weighted by Crippen LogP contribution is 2.34. The number of amides is 1. The van der Waals surface area contributed by atoms with Crippen LogP contribution >= 0.6 is 0 Å². The van der Waals surface area contributed by atoms with E-state index in [0.29, 0.717) is 29.0 Å². The highest BCUT2D eigenvalue weighted by molar-refractivity contribution is 5.97. The van der Waals surface area contributed by atoms with E-state index < -0.39 is 6.10 Å². The Hall–Kier alpha value is -3.53. The molecule has 1 aromatic carbocycles. The van der Waals surface area contributed by atoms with Crippen molar-refractivity contribution < 1.29 is 9.90 Å². The van der Waals surface area contributed by atoms with Gasteiger partial charge in [0.15, 0.2) is 11.5 Å². The van der Waals surface area contributed by atoms with Crippen molar-refractivity contribution in [3.63, 3.8) is 0 Å². The highest BCUT2D eigenvalue weighted by Gasteiger charge is 2.38. The van der Waals surface area contributed by atoms with Gasteiger partial charge in [0, 0.05) is 19.7 Å². The zero-order chi connectivity index (χ0) is 22.6. The van der Waals surface area contributed by atoms with Crippen molar-refractivity contribution in [1.82, 2.24) is 34.0 Å². The van der Waals surface area contributed by atoms with E-state index in [1.54, 1.807) is 18.3 Å². The number of imidazole rings is 2. The predicted molar refractivity (Wildman–Crippen MR) is 120 cm³/mol. The van der Waals surface area contributed by atoms with E-state index in [4.69, 9.17) is 5.73 Å². The monoisotopic (exact) mass is 434 g/mol. The van der Waals surface area contributed by atoms with Crippen LogP contribution < -0.4 is 5.73 Å². The van der Waals surface area contributed by atoms with E-state index in [0.717, 1.165) is 29.7 Å². The molecule has 3 aromatic heterocycles. The van der Waals surface area contributed by atoms with Crippen LogP contribution in [-0.2, 0) is 7.05 Å². The van der Waals surface area contributed by atoms with Crippen molar-refractivity contribution in [2.24, 2.45) is 7.05 Å². The van der Waals surface area contributed by atoms with Gasteiger partial charge in [-0.2, -0.15) is 0 Å². The molecule has 0 radical (unpaired) electrons. The van der Waals surface area contributed by atoms with Crippen LogP contribution in [0.3, 0.4) is 0 Å². The van der Waals surface area contributed by atoms with E-state index >= 15 is 0 Å². The number of carbonyl (C=O) groups excluding carboxylic acids is 1. The lowest BCUT2D eigenvalue weighted by molar-refractivity contribution is 0.0000914. The Labute approximate surface area is 184 Å². The summed E-state index contributed by atoms with van der Waals surface area (Å²) in [5, 5.41) is 11.3. The summed E-state index contributed by atoms with van der Waals surface area (Å²) in [6.07, 6.45) is 4.61. The van der Waals surface area contributed by atoms with Gasteiger partial charge in [0.2, 0.25) is 0 Å². The zero-order valence-corrected chi connectivity index (χ0v) is 18.3. The minimum Gasteiger partial charge on any atom is -0.389 e. The lowest BCUT2D eigenvalue weighted by atomic mass is 9.86. The van der Waals surface area contributed by atoms with E-state index in [2.05, 4.69) is 19.9 Å². The molecule has 1 saturated carbocycles. The van der Waals surface area contributed by atoms with Gasteiger partial charge in [-0.3, -0.25) is 4.79 Å². The molecule has 10 heteroatoms. The van der Waals surface area contributed by atoms with Gasteiger partial charge in [-0.1, -0.05) is 0 Å². The average Bonchev–Trinajstić information content (AvgIpc) is 3.34. The summed E-state index contributed by atoms with van der Waals surface area (Å²) < 4.78 is 3.85. The summed E-state index contributed by atoms with van der Waals surface area (Å²) in [6.45, 7) is 1.94. The Kier molecular flexibility index (Phi) is 4.81. The second-order valence-corrected chi connectivity index (χ2v) is 8.48. The fraction of sp³-hybridized carbons (Fsp3) is 0.409.